The third-order valence-electron chi connectivity index (χ3n) is 2.15. The number of amides is 1. The van der Waals surface area contributed by atoms with Gasteiger partial charge in [0.05, 0.1) is 5.92 Å². The largest absolute Gasteiger partial charge is 0.511 e. The Morgan fingerprint density at radius 1 is 1.47 bits per heavy atom. The van der Waals surface area contributed by atoms with Gasteiger partial charge in [0.15, 0.2) is 0 Å². The van der Waals surface area contributed by atoms with Gasteiger partial charge in [-0.15, -0.1) is 0 Å². The molecule has 3 nitrogen and oxygen atoms in total. The van der Waals surface area contributed by atoms with Crippen LogP contribution in [-0.2, 0) is 4.79 Å². The minimum Gasteiger partial charge on any atom is -0.511 e. The Morgan fingerprint density at radius 3 is 2.47 bits per heavy atom. The first-order chi connectivity index (χ1) is 7.04. The Hall–Kier alpha value is -1.25. The summed E-state index contributed by atoms with van der Waals surface area (Å²) in [5.41, 5.74) is 0. The maximum Gasteiger partial charge on any atom is 0.230 e. The number of aliphatic hydroxyl groups is 1. The molecule has 2 N–H and O–H groups in total. The van der Waals surface area contributed by atoms with E-state index in [0.717, 1.165) is 6.42 Å². The average molecular weight is 211 g/mol. The lowest BCUT2D eigenvalue weighted by Crippen LogP contribution is -2.32. The van der Waals surface area contributed by atoms with Crippen LogP contribution in [0.4, 0.5) is 0 Å². The van der Waals surface area contributed by atoms with Crippen molar-refractivity contribution in [1.82, 2.24) is 5.32 Å². The summed E-state index contributed by atoms with van der Waals surface area (Å²) in [7, 11) is 1.58. The number of hydrogen-bond donors (Lipinski definition) is 2. The van der Waals surface area contributed by atoms with Crippen molar-refractivity contribution in [2.45, 2.75) is 27.2 Å². The molecule has 0 bridgehead atoms. The molecule has 3 heteroatoms. The molecule has 0 aliphatic heterocycles. The Balaban J connectivity index is 4.69. The first-order valence-corrected chi connectivity index (χ1v) is 5.31. The minimum atomic E-state index is -0.462. The maximum absolute atomic E-state index is 11.5. The summed E-state index contributed by atoms with van der Waals surface area (Å²) >= 11 is 0. The summed E-state index contributed by atoms with van der Waals surface area (Å²) in [6.07, 6.45) is 6.20. The van der Waals surface area contributed by atoms with Crippen molar-refractivity contribution in [2.75, 3.05) is 7.05 Å². The van der Waals surface area contributed by atoms with Gasteiger partial charge in [0.1, 0.15) is 5.76 Å². The van der Waals surface area contributed by atoms with Gasteiger partial charge in [-0.25, -0.2) is 0 Å². The molecule has 0 fully saturated rings. The molecule has 0 aliphatic rings. The van der Waals surface area contributed by atoms with Gasteiger partial charge in [0.2, 0.25) is 5.91 Å². The quantitative estimate of drug-likeness (QED) is 0.542. The average Bonchev–Trinajstić information content (AvgIpc) is 2.17. The normalized spacial score (nSPS) is 14.6. The number of carbonyl (C=O) groups excluding carboxylic acids is 1. The van der Waals surface area contributed by atoms with Crippen LogP contribution in [0.5, 0.6) is 0 Å². The van der Waals surface area contributed by atoms with Crippen molar-refractivity contribution in [3.8, 4) is 0 Å². The van der Waals surface area contributed by atoms with Gasteiger partial charge in [0, 0.05) is 7.05 Å². The lowest BCUT2D eigenvalue weighted by atomic mass is 9.92. The summed E-state index contributed by atoms with van der Waals surface area (Å²) in [4.78, 5) is 11.5. The number of carbonyl (C=O) groups is 1. The predicted octanol–water partition coefficient (Wildman–Crippen LogP) is 2.41. The molecular weight excluding hydrogens is 190 g/mol. The molecule has 0 saturated heterocycles. The highest BCUT2D eigenvalue weighted by molar-refractivity contribution is 5.81. The molecular formula is C12H21NO2. The fourth-order valence-electron chi connectivity index (χ4n) is 1.34. The van der Waals surface area contributed by atoms with Gasteiger partial charge in [-0.2, -0.15) is 0 Å². The van der Waals surface area contributed by atoms with E-state index in [4.69, 9.17) is 0 Å². The molecule has 1 atom stereocenters. The van der Waals surface area contributed by atoms with Gasteiger partial charge in [-0.3, -0.25) is 4.79 Å². The molecule has 86 valence electrons. The van der Waals surface area contributed by atoms with Gasteiger partial charge >= 0.3 is 0 Å². The number of nitrogens with one attached hydrogen (secondary N) is 1. The van der Waals surface area contributed by atoms with Gasteiger partial charge in [0.25, 0.3) is 0 Å². The van der Waals surface area contributed by atoms with Crippen molar-refractivity contribution >= 4 is 5.91 Å². The molecule has 0 heterocycles. The number of hydrogen-bond acceptors (Lipinski definition) is 2. The summed E-state index contributed by atoms with van der Waals surface area (Å²) in [6.45, 7) is 5.83. The zero-order chi connectivity index (χ0) is 11.8. The predicted molar refractivity (Wildman–Crippen MR) is 62.5 cm³/mol. The van der Waals surface area contributed by atoms with Crippen LogP contribution in [0.15, 0.2) is 24.0 Å². The van der Waals surface area contributed by atoms with Crippen LogP contribution in [0.1, 0.15) is 27.2 Å². The fourth-order valence-corrected chi connectivity index (χ4v) is 1.34. The van der Waals surface area contributed by atoms with Gasteiger partial charge < -0.3 is 10.4 Å². The molecule has 0 aliphatic carbocycles. The molecule has 0 aromatic heterocycles. The summed E-state index contributed by atoms with van der Waals surface area (Å²) in [5, 5.41) is 12.3. The zero-order valence-corrected chi connectivity index (χ0v) is 9.95. The van der Waals surface area contributed by atoms with Crippen molar-refractivity contribution in [1.29, 1.82) is 0 Å². The van der Waals surface area contributed by atoms with Crippen LogP contribution in [0.3, 0.4) is 0 Å². The van der Waals surface area contributed by atoms with Crippen LogP contribution in [0.25, 0.3) is 0 Å². The first kappa shape index (κ1) is 13.8. The van der Waals surface area contributed by atoms with Crippen molar-refractivity contribution < 1.29 is 9.90 Å². The van der Waals surface area contributed by atoms with E-state index in [0.29, 0.717) is 0 Å². The highest BCUT2D eigenvalue weighted by Crippen LogP contribution is 2.18. The van der Waals surface area contributed by atoms with Crippen molar-refractivity contribution in [2.24, 2.45) is 11.8 Å². The van der Waals surface area contributed by atoms with E-state index < -0.39 is 5.92 Å². The monoisotopic (exact) mass is 211 g/mol. The van der Waals surface area contributed by atoms with E-state index in [1.807, 2.05) is 26.8 Å². The molecule has 0 rings (SSSR count). The van der Waals surface area contributed by atoms with Crippen LogP contribution >= 0.6 is 0 Å². The lowest BCUT2D eigenvalue weighted by molar-refractivity contribution is -0.125. The maximum atomic E-state index is 11.5. The summed E-state index contributed by atoms with van der Waals surface area (Å²) in [5.74, 6) is -0.412. The standard InChI is InChI=1S/C12H21NO2/c1-5-6-7-8-10(14)11(9(2)3)12(15)13-4/h6-9,11,14H,5H2,1-4H3,(H,13,15)/b7-6+,10-8-. The molecule has 0 aromatic rings. The molecule has 0 spiro atoms. The lowest BCUT2D eigenvalue weighted by Gasteiger charge is -2.18. The first-order valence-electron chi connectivity index (χ1n) is 5.31. The highest BCUT2D eigenvalue weighted by atomic mass is 16.3. The highest BCUT2D eigenvalue weighted by Gasteiger charge is 2.24. The minimum absolute atomic E-state index is 0.0798. The molecule has 0 radical (unpaired) electrons. The van der Waals surface area contributed by atoms with Crippen LogP contribution < -0.4 is 5.32 Å². The molecule has 15 heavy (non-hydrogen) atoms. The second-order valence-corrected chi connectivity index (χ2v) is 3.76. The van der Waals surface area contributed by atoms with Gasteiger partial charge in [-0.05, 0) is 18.4 Å². The summed E-state index contributed by atoms with van der Waals surface area (Å²) in [6, 6.07) is 0. The van der Waals surface area contributed by atoms with E-state index in [2.05, 4.69) is 5.32 Å². The zero-order valence-electron chi connectivity index (χ0n) is 9.95. The van der Waals surface area contributed by atoms with Gasteiger partial charge in [-0.1, -0.05) is 32.9 Å². The second-order valence-electron chi connectivity index (χ2n) is 3.76. The topological polar surface area (TPSA) is 49.3 Å². The SMILES string of the molecule is CC/C=C/C=C(\O)C(C(=O)NC)C(C)C. The molecule has 0 aromatic carbocycles. The second kappa shape index (κ2) is 7.10. The Labute approximate surface area is 91.9 Å². The Kier molecular flexibility index (Phi) is 6.50. The third kappa shape index (κ3) is 4.68. The smallest absolute Gasteiger partial charge is 0.230 e. The van der Waals surface area contributed by atoms with E-state index in [9.17, 15) is 9.90 Å². The van der Waals surface area contributed by atoms with Crippen LogP contribution in [-0.4, -0.2) is 18.1 Å². The fraction of sp³-hybridized carbons (Fsp3) is 0.583. The van der Waals surface area contributed by atoms with Crippen LogP contribution in [0, 0.1) is 11.8 Å². The molecule has 1 unspecified atom stereocenters. The van der Waals surface area contributed by atoms with E-state index >= 15 is 0 Å². The van der Waals surface area contributed by atoms with Crippen LogP contribution in [0.2, 0.25) is 0 Å². The Bertz CT molecular complexity index is 254. The Morgan fingerprint density at radius 2 is 2.07 bits per heavy atom. The van der Waals surface area contributed by atoms with E-state index in [1.165, 1.54) is 0 Å². The third-order valence-corrected chi connectivity index (χ3v) is 2.15. The summed E-state index contributed by atoms with van der Waals surface area (Å²) < 4.78 is 0. The van der Waals surface area contributed by atoms with Crippen molar-refractivity contribution in [3.63, 3.8) is 0 Å². The molecule has 0 saturated carbocycles. The van der Waals surface area contributed by atoms with E-state index in [1.54, 1.807) is 19.2 Å². The number of allylic oxidation sites excluding steroid dienone is 3. The number of rotatable bonds is 5. The van der Waals surface area contributed by atoms with Crippen molar-refractivity contribution in [3.05, 3.63) is 24.0 Å². The molecule has 1 amide bonds. The number of aliphatic hydroxyl groups excluding tert-OH is 1. The van der Waals surface area contributed by atoms with E-state index in [-0.39, 0.29) is 17.6 Å².